The van der Waals surface area contributed by atoms with Crippen molar-refractivity contribution < 1.29 is 0 Å². The predicted molar refractivity (Wildman–Crippen MR) is 76.1 cm³/mol. The maximum atomic E-state index is 9.14. The van der Waals surface area contributed by atoms with Crippen molar-refractivity contribution in [3.63, 3.8) is 0 Å². The highest BCUT2D eigenvalue weighted by molar-refractivity contribution is 5.29. The highest BCUT2D eigenvalue weighted by Crippen LogP contribution is 2.37. The predicted octanol–water partition coefficient (Wildman–Crippen LogP) is 3.05. The molecule has 0 amide bonds. The molecule has 0 aliphatic heterocycles. The first-order chi connectivity index (χ1) is 9.88. The molecule has 0 bridgehead atoms. The minimum Gasteiger partial charge on any atom is -0.248 e. The third-order valence-corrected chi connectivity index (χ3v) is 4.05. The van der Waals surface area contributed by atoms with Gasteiger partial charge in [-0.15, -0.1) is 5.10 Å². The zero-order valence-corrected chi connectivity index (χ0v) is 11.5. The summed E-state index contributed by atoms with van der Waals surface area (Å²) >= 11 is 0. The van der Waals surface area contributed by atoms with Gasteiger partial charge in [0, 0.05) is 12.5 Å². The van der Waals surface area contributed by atoms with Crippen molar-refractivity contribution in [2.24, 2.45) is 0 Å². The molecular formula is C16H18N4. The van der Waals surface area contributed by atoms with Gasteiger partial charge in [-0.3, -0.25) is 0 Å². The molecule has 0 spiro atoms. The lowest BCUT2D eigenvalue weighted by molar-refractivity contribution is 0.384. The Bertz CT molecular complexity index is 605. The van der Waals surface area contributed by atoms with Crippen LogP contribution in [0.15, 0.2) is 30.3 Å². The van der Waals surface area contributed by atoms with Crippen LogP contribution in [0.5, 0.6) is 0 Å². The molecule has 0 radical (unpaired) electrons. The first-order valence-electron chi connectivity index (χ1n) is 7.26. The lowest BCUT2D eigenvalue weighted by Crippen LogP contribution is -2.16. The Kier molecular flexibility index (Phi) is 3.78. The Morgan fingerprint density at radius 1 is 1.25 bits per heavy atom. The number of aryl methyl sites for hydroxylation is 2. The normalized spacial score (nSPS) is 14.8. The molecule has 3 rings (SSSR count). The molecule has 0 N–H and O–H groups in total. The van der Waals surface area contributed by atoms with Crippen LogP contribution in [-0.4, -0.2) is 15.0 Å². The second-order valence-electron chi connectivity index (χ2n) is 5.38. The van der Waals surface area contributed by atoms with Gasteiger partial charge in [-0.05, 0) is 31.2 Å². The van der Waals surface area contributed by atoms with Gasteiger partial charge in [-0.1, -0.05) is 42.0 Å². The van der Waals surface area contributed by atoms with E-state index in [1.54, 1.807) is 0 Å². The highest BCUT2D eigenvalue weighted by Gasteiger charge is 2.27. The first-order valence-corrected chi connectivity index (χ1v) is 7.26. The summed E-state index contributed by atoms with van der Waals surface area (Å²) in [6.45, 7) is 0.843. The monoisotopic (exact) mass is 266 g/mol. The van der Waals surface area contributed by atoms with Crippen LogP contribution in [0.3, 0.4) is 0 Å². The summed E-state index contributed by atoms with van der Waals surface area (Å²) in [5.41, 5.74) is 2.93. The molecule has 1 heterocycles. The summed E-state index contributed by atoms with van der Waals surface area (Å²) in [6.07, 6.45) is 5.65. The van der Waals surface area contributed by atoms with Crippen molar-refractivity contribution in [3.8, 4) is 6.07 Å². The van der Waals surface area contributed by atoms with E-state index in [0.29, 0.717) is 11.6 Å². The fourth-order valence-corrected chi connectivity index (χ4v) is 2.73. The average molecular weight is 266 g/mol. The van der Waals surface area contributed by atoms with Crippen molar-refractivity contribution >= 4 is 0 Å². The maximum Gasteiger partial charge on any atom is 0.186 e. The van der Waals surface area contributed by atoms with E-state index in [1.165, 1.54) is 24.8 Å². The lowest BCUT2D eigenvalue weighted by atomic mass is 9.82. The second kappa shape index (κ2) is 5.87. The maximum absolute atomic E-state index is 9.14. The highest BCUT2D eigenvalue weighted by atomic mass is 15.4. The largest absolute Gasteiger partial charge is 0.248 e. The van der Waals surface area contributed by atoms with Crippen LogP contribution in [-0.2, 0) is 13.0 Å². The van der Waals surface area contributed by atoms with Crippen molar-refractivity contribution in [3.05, 3.63) is 47.3 Å². The van der Waals surface area contributed by atoms with Gasteiger partial charge in [0.05, 0.1) is 5.69 Å². The van der Waals surface area contributed by atoms with E-state index in [2.05, 4.69) is 40.6 Å². The van der Waals surface area contributed by atoms with Crippen LogP contribution in [0.1, 0.15) is 48.6 Å². The first kappa shape index (κ1) is 12.9. The molecule has 0 saturated heterocycles. The average Bonchev–Trinajstić information content (AvgIpc) is 2.81. The summed E-state index contributed by atoms with van der Waals surface area (Å²) in [7, 11) is 0. The van der Waals surface area contributed by atoms with Crippen molar-refractivity contribution in [2.75, 3.05) is 0 Å². The van der Waals surface area contributed by atoms with Crippen LogP contribution in [0.4, 0.5) is 0 Å². The Labute approximate surface area is 119 Å². The van der Waals surface area contributed by atoms with Gasteiger partial charge >= 0.3 is 0 Å². The minimum absolute atomic E-state index is 0.497. The minimum atomic E-state index is 0.497. The summed E-state index contributed by atoms with van der Waals surface area (Å²) < 4.78 is 1.95. The molecule has 1 aromatic carbocycles. The van der Waals surface area contributed by atoms with Gasteiger partial charge in [-0.2, -0.15) is 5.26 Å². The summed E-state index contributed by atoms with van der Waals surface area (Å²) in [6, 6.07) is 12.6. The Morgan fingerprint density at radius 2 is 2.05 bits per heavy atom. The van der Waals surface area contributed by atoms with Crippen molar-refractivity contribution in [1.82, 2.24) is 15.0 Å². The molecule has 1 saturated carbocycles. The van der Waals surface area contributed by atoms with E-state index >= 15 is 0 Å². The second-order valence-corrected chi connectivity index (χ2v) is 5.38. The lowest BCUT2D eigenvalue weighted by Gasteiger charge is -2.25. The van der Waals surface area contributed by atoms with Crippen LogP contribution < -0.4 is 0 Å². The van der Waals surface area contributed by atoms with E-state index in [9.17, 15) is 0 Å². The molecule has 2 aromatic rings. The number of rotatable bonds is 5. The van der Waals surface area contributed by atoms with Gasteiger partial charge < -0.3 is 0 Å². The van der Waals surface area contributed by atoms with Gasteiger partial charge in [0.25, 0.3) is 0 Å². The number of nitrogens with zero attached hydrogens (tertiary/aromatic N) is 4. The van der Waals surface area contributed by atoms with Crippen molar-refractivity contribution in [2.45, 2.75) is 44.6 Å². The van der Waals surface area contributed by atoms with Crippen LogP contribution in [0, 0.1) is 11.3 Å². The van der Waals surface area contributed by atoms with E-state index in [1.807, 2.05) is 10.7 Å². The van der Waals surface area contributed by atoms with E-state index in [-0.39, 0.29) is 0 Å². The zero-order chi connectivity index (χ0) is 13.8. The molecule has 4 heteroatoms. The van der Waals surface area contributed by atoms with Crippen LogP contribution in [0.2, 0.25) is 0 Å². The van der Waals surface area contributed by atoms with Gasteiger partial charge in [-0.25, -0.2) is 4.68 Å². The van der Waals surface area contributed by atoms with E-state index < -0.39 is 0 Å². The smallest absolute Gasteiger partial charge is 0.186 e. The number of nitriles is 1. The molecule has 0 atom stereocenters. The zero-order valence-electron chi connectivity index (χ0n) is 11.5. The molecule has 102 valence electrons. The van der Waals surface area contributed by atoms with E-state index in [0.717, 1.165) is 25.1 Å². The summed E-state index contributed by atoms with van der Waals surface area (Å²) in [5, 5.41) is 17.3. The summed E-state index contributed by atoms with van der Waals surface area (Å²) in [4.78, 5) is 0. The third-order valence-electron chi connectivity index (χ3n) is 4.05. The fourth-order valence-electron chi connectivity index (χ4n) is 2.73. The molecular weight excluding hydrogens is 248 g/mol. The molecule has 1 aromatic heterocycles. The fraction of sp³-hybridized carbons (Fsp3) is 0.438. The van der Waals surface area contributed by atoms with Crippen molar-refractivity contribution in [1.29, 1.82) is 5.26 Å². The number of benzene rings is 1. The number of aromatic nitrogens is 3. The van der Waals surface area contributed by atoms with E-state index in [4.69, 9.17) is 5.26 Å². The molecule has 4 nitrogen and oxygen atoms in total. The quantitative estimate of drug-likeness (QED) is 0.835. The molecule has 1 aliphatic carbocycles. The Hall–Kier alpha value is -2.15. The van der Waals surface area contributed by atoms with Crippen LogP contribution in [0.25, 0.3) is 0 Å². The Balaban J connectivity index is 1.65. The molecule has 1 fully saturated rings. The topological polar surface area (TPSA) is 54.5 Å². The molecule has 0 unspecified atom stereocenters. The molecule has 1 aliphatic rings. The summed E-state index contributed by atoms with van der Waals surface area (Å²) in [5.74, 6) is 0.497. The standard InChI is InChI=1S/C16H18N4/c17-12-15-16(14-9-4-10-14)20(19-18-15)11-5-8-13-6-2-1-3-7-13/h1-3,6-7,14H,4-5,8-11H2. The molecule has 20 heavy (non-hydrogen) atoms. The number of hydrogen-bond acceptors (Lipinski definition) is 3. The van der Waals surface area contributed by atoms with Gasteiger partial charge in [0.15, 0.2) is 5.69 Å². The third kappa shape index (κ3) is 2.57. The number of hydrogen-bond donors (Lipinski definition) is 0. The van der Waals surface area contributed by atoms with Gasteiger partial charge in [0.1, 0.15) is 6.07 Å². The van der Waals surface area contributed by atoms with Crippen LogP contribution >= 0.6 is 0 Å². The Morgan fingerprint density at radius 3 is 2.70 bits per heavy atom. The SMILES string of the molecule is N#Cc1nnn(CCCc2ccccc2)c1C1CCC1. The van der Waals surface area contributed by atoms with Gasteiger partial charge in [0.2, 0.25) is 0 Å².